The van der Waals surface area contributed by atoms with Gasteiger partial charge in [0.15, 0.2) is 11.2 Å². The lowest BCUT2D eigenvalue weighted by Gasteiger charge is -2.33. The largest absolute Gasteiger partial charge is 0.507 e. The van der Waals surface area contributed by atoms with Crippen LogP contribution in [-0.2, 0) is 20.7 Å². The predicted octanol–water partition coefficient (Wildman–Crippen LogP) is 8.86. The zero-order chi connectivity index (χ0) is 44.5. The Bertz CT molecular complexity index is 2710. The van der Waals surface area contributed by atoms with E-state index in [1.54, 1.807) is 61.7 Å². The van der Waals surface area contributed by atoms with Crippen LogP contribution in [0.5, 0.6) is 23.0 Å². The van der Waals surface area contributed by atoms with Gasteiger partial charge in [0.2, 0.25) is 0 Å². The zero-order valence-corrected chi connectivity index (χ0v) is 35.5. The third-order valence-electron chi connectivity index (χ3n) is 11.4. The Morgan fingerprint density at radius 2 is 1.08 bits per heavy atom. The number of non-ortho nitro benzene ring substituents is 1. The number of carbonyl (C=O) groups excluding carboxylic acids is 2. The molecule has 2 heterocycles. The number of nitro benzene ring substituents is 1. The van der Waals surface area contributed by atoms with Crippen LogP contribution >= 0.6 is 0 Å². The maximum Gasteiger partial charge on any atom is 0.340 e. The van der Waals surface area contributed by atoms with Crippen LogP contribution < -0.4 is 19.3 Å². The van der Waals surface area contributed by atoms with Gasteiger partial charge in [0.05, 0.1) is 35.8 Å². The van der Waals surface area contributed by atoms with Gasteiger partial charge < -0.3 is 39.0 Å². The van der Waals surface area contributed by atoms with Crippen molar-refractivity contribution in [2.24, 2.45) is 0 Å². The zero-order valence-electron chi connectivity index (χ0n) is 35.5. The number of rotatable bonds is 11. The summed E-state index contributed by atoms with van der Waals surface area (Å²) in [5.41, 5.74) is 3.17. The number of cyclic esters (lactones) is 2. The molecule has 8 rings (SSSR count). The molecule has 2 aliphatic rings. The molecule has 0 amide bonds. The van der Waals surface area contributed by atoms with Crippen LogP contribution in [0.25, 0.3) is 0 Å². The molecule has 2 aliphatic heterocycles. The van der Waals surface area contributed by atoms with Crippen LogP contribution in [0.15, 0.2) is 121 Å². The molecule has 0 radical (unpaired) electrons. The molecular weight excluding hydrogens is 791 g/mol. The van der Waals surface area contributed by atoms with Crippen LogP contribution in [-0.4, -0.2) is 68.5 Å². The van der Waals surface area contributed by atoms with Crippen molar-refractivity contribution >= 4 is 29.0 Å². The second kappa shape index (κ2) is 16.8. The van der Waals surface area contributed by atoms with Crippen molar-refractivity contribution < 1.29 is 43.7 Å². The van der Waals surface area contributed by atoms with Crippen molar-refractivity contribution in [2.45, 2.75) is 32.0 Å². The maximum absolute atomic E-state index is 12.9. The predicted molar refractivity (Wildman–Crippen MR) is 235 cm³/mol. The molecule has 2 N–H and O–H groups in total. The summed E-state index contributed by atoms with van der Waals surface area (Å²) in [5, 5.41) is 33.7. The number of esters is 2. The highest BCUT2D eigenvalue weighted by Gasteiger charge is 2.53. The number of ether oxygens (including phenoxy) is 4. The van der Waals surface area contributed by atoms with Crippen LogP contribution in [0.4, 0.5) is 17.1 Å². The molecule has 0 aliphatic carbocycles. The Hall–Kier alpha value is -7.54. The summed E-state index contributed by atoms with van der Waals surface area (Å²) >= 11 is 0. The molecular formula is C49H47N3O10. The summed E-state index contributed by atoms with van der Waals surface area (Å²) < 4.78 is 23.2. The molecule has 0 aromatic heterocycles. The summed E-state index contributed by atoms with van der Waals surface area (Å²) in [6.07, 6.45) is 0. The summed E-state index contributed by atoms with van der Waals surface area (Å²) in [6.45, 7) is 7.77. The number of aryl methyl sites for hydroxylation is 1. The summed E-state index contributed by atoms with van der Waals surface area (Å²) in [5.74, 6) is -0.207. The van der Waals surface area contributed by atoms with E-state index in [1.807, 2.05) is 74.4 Å². The van der Waals surface area contributed by atoms with Gasteiger partial charge in [0, 0.05) is 90.6 Å². The third kappa shape index (κ3) is 7.04. The molecule has 0 spiro atoms. The van der Waals surface area contributed by atoms with E-state index < -0.39 is 28.1 Å². The van der Waals surface area contributed by atoms with E-state index in [-0.39, 0.29) is 34.1 Å². The van der Waals surface area contributed by atoms with Crippen molar-refractivity contribution in [3.63, 3.8) is 0 Å². The van der Waals surface area contributed by atoms with Gasteiger partial charge in [-0.1, -0.05) is 48.0 Å². The number of phenols is 2. The normalized spacial score (nSPS) is 17.1. The van der Waals surface area contributed by atoms with Gasteiger partial charge >= 0.3 is 11.9 Å². The number of nitrogens with zero attached hydrogens (tertiary/aromatic N) is 3. The first-order chi connectivity index (χ1) is 29.7. The Morgan fingerprint density at radius 3 is 1.55 bits per heavy atom. The Labute approximate surface area is 359 Å². The second-order valence-electron chi connectivity index (χ2n) is 15.0. The summed E-state index contributed by atoms with van der Waals surface area (Å²) in [7, 11) is 6.68. The summed E-state index contributed by atoms with van der Waals surface area (Å²) in [4.78, 5) is 40.7. The summed E-state index contributed by atoms with van der Waals surface area (Å²) in [6, 6.07) is 34.4. The first kappa shape index (κ1) is 42.6. The fourth-order valence-electron chi connectivity index (χ4n) is 8.41. The molecule has 318 valence electrons. The highest BCUT2D eigenvalue weighted by Crippen LogP contribution is 2.54. The Balaban J connectivity index is 0.000000186. The lowest BCUT2D eigenvalue weighted by molar-refractivity contribution is -0.385. The van der Waals surface area contributed by atoms with E-state index in [2.05, 4.69) is 18.7 Å². The van der Waals surface area contributed by atoms with Gasteiger partial charge in [0.25, 0.3) is 5.69 Å². The van der Waals surface area contributed by atoms with Gasteiger partial charge in [-0.25, -0.2) is 9.59 Å². The number of carbonyl (C=O) groups is 2. The van der Waals surface area contributed by atoms with Gasteiger partial charge in [-0.3, -0.25) is 10.1 Å². The smallest absolute Gasteiger partial charge is 0.340 e. The number of benzene rings is 6. The molecule has 0 bridgehead atoms. The van der Waals surface area contributed by atoms with E-state index in [4.69, 9.17) is 18.9 Å². The lowest BCUT2D eigenvalue weighted by Crippen LogP contribution is -2.30. The van der Waals surface area contributed by atoms with Gasteiger partial charge in [-0.05, 0) is 75.4 Å². The number of fused-ring (bicyclic) bond motifs is 2. The SMILES string of the molecule is CCN(CC)c1ccc(C2(c3cc(C)ccc3OC)OC(=O)c3ccccc32)c(O)c1.COc1ccc([N+](=O)[O-])cc1C1(c2ccc(N(C)C)cc2O)OC(=O)c2ccccc21. The number of hydrogen-bond acceptors (Lipinski definition) is 12. The molecule has 6 aromatic rings. The van der Waals surface area contributed by atoms with Gasteiger partial charge in [-0.2, -0.15) is 0 Å². The minimum absolute atomic E-state index is 0.0671. The average molecular weight is 838 g/mol. The topological polar surface area (TPSA) is 161 Å². The molecule has 2 atom stereocenters. The molecule has 6 aromatic carbocycles. The number of nitro groups is 1. The minimum Gasteiger partial charge on any atom is -0.507 e. The number of methoxy groups -OCH3 is 2. The molecule has 0 saturated heterocycles. The fourth-order valence-corrected chi connectivity index (χ4v) is 8.41. The molecule has 62 heavy (non-hydrogen) atoms. The van der Waals surface area contributed by atoms with E-state index in [9.17, 15) is 29.9 Å². The highest BCUT2D eigenvalue weighted by atomic mass is 16.6. The lowest BCUT2D eigenvalue weighted by atomic mass is 9.78. The van der Waals surface area contributed by atoms with Crippen molar-refractivity contribution in [1.82, 2.24) is 0 Å². The molecule has 0 fully saturated rings. The van der Waals surface area contributed by atoms with Crippen molar-refractivity contribution in [3.05, 3.63) is 182 Å². The standard InChI is InChI=1S/C26H27NO4.C23H20N2O6/c1-5-27(6-2)18-12-13-21(23(28)16-18)26(22-15-17(3)11-14-24(22)30-4)20-10-8-7-9-19(20)25(29)31-26;1-24(2)14-8-10-18(20(26)13-14)23(17-7-5-4-6-16(17)22(27)31-23)19-12-15(25(28)29)9-11-21(19)30-3/h7-16,28H,5-6H2,1-4H3;4-13,26H,1-3H3. The third-order valence-corrected chi connectivity index (χ3v) is 11.4. The fraction of sp³-hybridized carbons (Fsp3) is 0.224. The number of anilines is 2. The maximum atomic E-state index is 12.9. The number of aromatic hydroxyl groups is 2. The Morgan fingerprint density at radius 1 is 0.613 bits per heavy atom. The van der Waals surface area contributed by atoms with E-state index in [1.165, 1.54) is 25.3 Å². The minimum atomic E-state index is -1.63. The van der Waals surface area contributed by atoms with Crippen molar-refractivity contribution in [2.75, 3.05) is 51.2 Å². The molecule has 0 saturated carbocycles. The quantitative estimate of drug-likeness (QED) is 0.0726. The average Bonchev–Trinajstić information content (AvgIpc) is 3.75. The van der Waals surface area contributed by atoms with Gasteiger partial charge in [-0.15, -0.1) is 0 Å². The van der Waals surface area contributed by atoms with E-state index in [0.717, 1.165) is 30.0 Å². The van der Waals surface area contributed by atoms with Crippen LogP contribution in [0.1, 0.15) is 73.5 Å². The molecule has 2 unspecified atom stereocenters. The first-order valence-electron chi connectivity index (χ1n) is 20.0. The van der Waals surface area contributed by atoms with Gasteiger partial charge in [0.1, 0.15) is 23.0 Å². The van der Waals surface area contributed by atoms with E-state index >= 15 is 0 Å². The molecule has 13 nitrogen and oxygen atoms in total. The van der Waals surface area contributed by atoms with Crippen LogP contribution in [0, 0.1) is 17.0 Å². The highest BCUT2D eigenvalue weighted by molar-refractivity contribution is 5.97. The number of phenolic OH excluding ortho intramolecular Hbond substituents is 2. The first-order valence-corrected chi connectivity index (χ1v) is 20.0. The monoisotopic (exact) mass is 837 g/mol. The van der Waals surface area contributed by atoms with Crippen molar-refractivity contribution in [1.29, 1.82) is 0 Å². The second-order valence-corrected chi connectivity index (χ2v) is 15.0. The Kier molecular flexibility index (Phi) is 11.6. The van der Waals surface area contributed by atoms with Crippen LogP contribution in [0.3, 0.4) is 0 Å². The van der Waals surface area contributed by atoms with Crippen molar-refractivity contribution in [3.8, 4) is 23.0 Å². The number of hydrogen-bond donors (Lipinski definition) is 2. The van der Waals surface area contributed by atoms with E-state index in [0.29, 0.717) is 39.1 Å². The van der Waals surface area contributed by atoms with Crippen LogP contribution in [0.2, 0.25) is 0 Å². The molecule has 13 heteroatoms.